The van der Waals surface area contributed by atoms with Crippen LogP contribution in [0.15, 0.2) is 22.6 Å². The van der Waals surface area contributed by atoms with Crippen molar-refractivity contribution in [1.82, 2.24) is 4.98 Å². The van der Waals surface area contributed by atoms with E-state index in [-0.39, 0.29) is 6.01 Å². The van der Waals surface area contributed by atoms with Gasteiger partial charge in [-0.25, -0.2) is 0 Å². The first-order valence-electron chi connectivity index (χ1n) is 5.94. The van der Waals surface area contributed by atoms with Gasteiger partial charge in [-0.3, -0.25) is 0 Å². The third-order valence-corrected chi connectivity index (χ3v) is 2.96. The van der Waals surface area contributed by atoms with E-state index in [1.807, 2.05) is 13.0 Å². The molecule has 2 rings (SSSR count). The van der Waals surface area contributed by atoms with Gasteiger partial charge < -0.3 is 14.9 Å². The molecule has 2 aromatic rings. The van der Waals surface area contributed by atoms with E-state index >= 15 is 0 Å². The van der Waals surface area contributed by atoms with Gasteiger partial charge in [0.05, 0.1) is 7.11 Å². The number of oxazole rings is 1. The highest BCUT2D eigenvalue weighted by atomic mass is 16.5. The molecule has 0 atom stereocenters. The molecular formula is C14H18N2O2. The van der Waals surface area contributed by atoms with Gasteiger partial charge in [0.25, 0.3) is 6.01 Å². The minimum Gasteiger partial charge on any atom is -0.496 e. The quantitative estimate of drug-likeness (QED) is 0.902. The molecule has 0 radical (unpaired) electrons. The van der Waals surface area contributed by atoms with E-state index < -0.39 is 0 Å². The van der Waals surface area contributed by atoms with E-state index in [0.29, 0.717) is 11.7 Å². The molecule has 0 fully saturated rings. The van der Waals surface area contributed by atoms with Crippen LogP contribution in [-0.2, 0) is 0 Å². The maximum absolute atomic E-state index is 5.59. The van der Waals surface area contributed by atoms with Crippen molar-refractivity contribution in [3.05, 3.63) is 29.5 Å². The van der Waals surface area contributed by atoms with Crippen LogP contribution in [0.4, 0.5) is 6.01 Å². The van der Waals surface area contributed by atoms with E-state index in [1.54, 1.807) is 7.11 Å². The first-order chi connectivity index (χ1) is 8.52. The number of anilines is 1. The summed E-state index contributed by atoms with van der Waals surface area (Å²) in [4.78, 5) is 4.22. The first kappa shape index (κ1) is 12.5. The number of nitrogens with zero attached hydrogens (tertiary/aromatic N) is 1. The number of methoxy groups -OCH3 is 1. The number of rotatable bonds is 3. The topological polar surface area (TPSA) is 61.3 Å². The molecular weight excluding hydrogens is 228 g/mol. The number of ether oxygens (including phenoxy) is 1. The number of nitrogens with two attached hydrogens (primary N) is 1. The fraction of sp³-hybridized carbons (Fsp3) is 0.357. The van der Waals surface area contributed by atoms with Crippen molar-refractivity contribution in [2.75, 3.05) is 12.8 Å². The van der Waals surface area contributed by atoms with Gasteiger partial charge in [-0.15, -0.1) is 0 Å². The Morgan fingerprint density at radius 2 is 2.06 bits per heavy atom. The molecule has 4 heteroatoms. The summed E-state index contributed by atoms with van der Waals surface area (Å²) in [6.07, 6.45) is 0. The Balaban J connectivity index is 2.60. The molecule has 18 heavy (non-hydrogen) atoms. The summed E-state index contributed by atoms with van der Waals surface area (Å²) in [6, 6.07) is 6.27. The molecule has 2 N–H and O–H groups in total. The number of nitrogen functional groups attached to an aromatic ring is 1. The molecule has 0 aliphatic carbocycles. The summed E-state index contributed by atoms with van der Waals surface area (Å²) in [6.45, 7) is 6.14. The van der Waals surface area contributed by atoms with E-state index in [1.165, 1.54) is 5.56 Å². The zero-order valence-corrected chi connectivity index (χ0v) is 11.2. The Labute approximate surface area is 107 Å². The van der Waals surface area contributed by atoms with Crippen molar-refractivity contribution >= 4 is 6.01 Å². The molecule has 4 nitrogen and oxygen atoms in total. The number of aryl methyl sites for hydroxylation is 1. The second kappa shape index (κ2) is 4.72. The maximum Gasteiger partial charge on any atom is 0.292 e. The maximum atomic E-state index is 5.59. The normalized spacial score (nSPS) is 10.9. The summed E-state index contributed by atoms with van der Waals surface area (Å²) < 4.78 is 10.7. The Hall–Kier alpha value is -1.97. The van der Waals surface area contributed by atoms with Crippen LogP contribution >= 0.6 is 0 Å². The van der Waals surface area contributed by atoms with Gasteiger partial charge in [0, 0.05) is 5.56 Å². The predicted octanol–water partition coefficient (Wildman–Crippen LogP) is 3.36. The molecule has 0 saturated carbocycles. The van der Waals surface area contributed by atoms with Crippen LogP contribution < -0.4 is 10.5 Å². The molecule has 0 spiro atoms. The minimum absolute atomic E-state index is 0.180. The van der Waals surface area contributed by atoms with Gasteiger partial charge in [-0.05, 0) is 30.5 Å². The molecule has 0 aliphatic heterocycles. The van der Waals surface area contributed by atoms with Gasteiger partial charge in [0.2, 0.25) is 0 Å². The summed E-state index contributed by atoms with van der Waals surface area (Å²) in [5.74, 6) is 1.92. The van der Waals surface area contributed by atoms with Gasteiger partial charge in [-0.1, -0.05) is 19.9 Å². The average Bonchev–Trinajstić information content (AvgIpc) is 2.67. The van der Waals surface area contributed by atoms with Crippen LogP contribution in [-0.4, -0.2) is 12.1 Å². The van der Waals surface area contributed by atoms with Crippen molar-refractivity contribution < 1.29 is 9.15 Å². The second-order valence-corrected chi connectivity index (χ2v) is 4.57. The van der Waals surface area contributed by atoms with Crippen LogP contribution in [0.5, 0.6) is 5.75 Å². The van der Waals surface area contributed by atoms with E-state index in [0.717, 1.165) is 17.0 Å². The first-order valence-corrected chi connectivity index (χ1v) is 5.94. The number of benzene rings is 1. The van der Waals surface area contributed by atoms with E-state index in [2.05, 4.69) is 31.0 Å². The predicted molar refractivity (Wildman–Crippen MR) is 71.7 cm³/mol. The number of hydrogen-bond acceptors (Lipinski definition) is 4. The van der Waals surface area contributed by atoms with Crippen LogP contribution in [0.3, 0.4) is 0 Å². The van der Waals surface area contributed by atoms with Crippen LogP contribution in [0.1, 0.15) is 31.1 Å². The lowest BCUT2D eigenvalue weighted by atomic mass is 9.98. The average molecular weight is 246 g/mol. The monoisotopic (exact) mass is 246 g/mol. The van der Waals surface area contributed by atoms with Gasteiger partial charge in [0.1, 0.15) is 17.2 Å². The highest BCUT2D eigenvalue weighted by Gasteiger charge is 2.15. The van der Waals surface area contributed by atoms with Crippen molar-refractivity contribution in [1.29, 1.82) is 0 Å². The highest BCUT2D eigenvalue weighted by molar-refractivity contribution is 5.70. The minimum atomic E-state index is 0.180. The van der Waals surface area contributed by atoms with Gasteiger partial charge >= 0.3 is 0 Å². The zero-order chi connectivity index (χ0) is 13.3. The molecule has 0 aliphatic rings. The van der Waals surface area contributed by atoms with Gasteiger partial charge in [-0.2, -0.15) is 4.98 Å². The Morgan fingerprint density at radius 3 is 2.56 bits per heavy atom. The fourth-order valence-corrected chi connectivity index (χ4v) is 1.94. The Kier molecular flexibility index (Phi) is 3.28. The number of hydrogen-bond donors (Lipinski definition) is 1. The molecule has 0 saturated heterocycles. The largest absolute Gasteiger partial charge is 0.496 e. The van der Waals surface area contributed by atoms with Crippen molar-refractivity contribution in [3.8, 4) is 17.0 Å². The van der Waals surface area contributed by atoms with E-state index in [4.69, 9.17) is 14.9 Å². The van der Waals surface area contributed by atoms with Crippen LogP contribution in [0.2, 0.25) is 0 Å². The van der Waals surface area contributed by atoms with Crippen molar-refractivity contribution in [3.63, 3.8) is 0 Å². The molecule has 96 valence electrons. The van der Waals surface area contributed by atoms with Crippen LogP contribution in [0.25, 0.3) is 11.3 Å². The third kappa shape index (κ3) is 2.18. The van der Waals surface area contributed by atoms with E-state index in [9.17, 15) is 0 Å². The molecule has 1 aromatic heterocycles. The summed E-state index contributed by atoms with van der Waals surface area (Å²) in [5, 5.41) is 0. The smallest absolute Gasteiger partial charge is 0.292 e. The van der Waals surface area contributed by atoms with Gasteiger partial charge in [0.15, 0.2) is 0 Å². The summed E-state index contributed by atoms with van der Waals surface area (Å²) >= 11 is 0. The molecule has 1 heterocycles. The second-order valence-electron chi connectivity index (χ2n) is 4.57. The summed E-state index contributed by atoms with van der Waals surface area (Å²) in [5.41, 5.74) is 8.48. The standard InChI is InChI=1S/C14H18N2O2/c1-8(2)10-5-6-12(17-4)11(7-10)13-9(3)18-14(15)16-13/h5-8H,1-4H3,(H2,15,16). The molecule has 0 unspecified atom stereocenters. The molecule has 0 bridgehead atoms. The Morgan fingerprint density at radius 1 is 1.33 bits per heavy atom. The third-order valence-electron chi connectivity index (χ3n) is 2.96. The zero-order valence-electron chi connectivity index (χ0n) is 11.2. The Bertz CT molecular complexity index is 559. The lowest BCUT2D eigenvalue weighted by Crippen LogP contribution is -1.94. The van der Waals surface area contributed by atoms with Crippen LogP contribution in [0, 0.1) is 6.92 Å². The SMILES string of the molecule is COc1ccc(C(C)C)cc1-c1nc(N)oc1C. The highest BCUT2D eigenvalue weighted by Crippen LogP contribution is 2.34. The molecule has 1 aromatic carbocycles. The lowest BCUT2D eigenvalue weighted by molar-refractivity contribution is 0.416. The lowest BCUT2D eigenvalue weighted by Gasteiger charge is -2.11. The summed E-state index contributed by atoms with van der Waals surface area (Å²) in [7, 11) is 1.65. The molecule has 0 amide bonds. The van der Waals surface area contributed by atoms with Crippen molar-refractivity contribution in [2.45, 2.75) is 26.7 Å². The number of aromatic nitrogens is 1. The fourth-order valence-electron chi connectivity index (χ4n) is 1.94. The van der Waals surface area contributed by atoms with Crippen molar-refractivity contribution in [2.24, 2.45) is 0 Å².